The van der Waals surface area contributed by atoms with Crippen LogP contribution in [-0.4, -0.2) is 107 Å². The maximum absolute atomic E-state index is 12.4. The molecule has 13 nitrogen and oxygen atoms in total. The first-order valence-corrected chi connectivity index (χ1v) is 15.4. The number of carbonyl (C=O) groups is 3. The van der Waals surface area contributed by atoms with Crippen molar-refractivity contribution in [3.8, 4) is 11.3 Å². The van der Waals surface area contributed by atoms with E-state index in [1.807, 2.05) is 63.2 Å². The molecule has 13 heteroatoms. The van der Waals surface area contributed by atoms with Crippen LogP contribution in [0, 0.1) is 0 Å². The number of ether oxygens (including phenoxy) is 2. The largest absolute Gasteiger partial charge is 0.468 e. The van der Waals surface area contributed by atoms with Gasteiger partial charge in [0.2, 0.25) is 11.9 Å². The van der Waals surface area contributed by atoms with Gasteiger partial charge in [0, 0.05) is 76.4 Å². The van der Waals surface area contributed by atoms with Crippen LogP contribution in [0.2, 0.25) is 0 Å². The number of benzene rings is 1. The molecule has 0 saturated carbocycles. The number of aromatic nitrogens is 3. The van der Waals surface area contributed by atoms with E-state index in [0.29, 0.717) is 51.6 Å². The van der Waals surface area contributed by atoms with Crippen molar-refractivity contribution >= 4 is 35.4 Å². The third-order valence-electron chi connectivity index (χ3n) is 7.21. The Bertz CT molecular complexity index is 1480. The fourth-order valence-electron chi connectivity index (χ4n) is 4.78. The predicted molar refractivity (Wildman–Crippen MR) is 175 cm³/mol. The van der Waals surface area contributed by atoms with Gasteiger partial charge in [-0.25, -0.2) is 19.7 Å². The lowest BCUT2D eigenvalue weighted by atomic mass is 10.2. The van der Waals surface area contributed by atoms with E-state index >= 15 is 0 Å². The number of anilines is 3. The molecule has 3 aromatic rings. The molecule has 246 valence electrons. The van der Waals surface area contributed by atoms with Crippen LogP contribution in [0.1, 0.15) is 39.2 Å². The van der Waals surface area contributed by atoms with E-state index in [2.05, 4.69) is 30.5 Å². The average Bonchev–Trinajstić information content (AvgIpc) is 3.19. The topological polar surface area (TPSA) is 142 Å². The molecule has 1 saturated heterocycles. The standard InChI is InChI=1S/C33H44N8O5/c1-33(2,3)46-32(44)39(4)16-7-14-34-28-11-10-25(21-36-28)27-12-15-35-31(38-27)37-26-9-6-8-24(20-26)22-40-17-13-29(42)41(19-18-40)23-30(43)45-5/h6,8-12,15,20-21H,7,13-14,16-19,22-23H2,1-5H3,(H,34,36)(H,35,37,38). The molecule has 0 spiro atoms. The van der Waals surface area contributed by atoms with Crippen LogP contribution in [-0.2, 0) is 25.6 Å². The SMILES string of the molecule is COC(=O)CN1CCN(Cc2cccc(Nc3nccc(-c4ccc(NCCCN(C)C(=O)OC(C)(C)C)nc4)n3)c2)CCC1=O. The van der Waals surface area contributed by atoms with Crippen molar-refractivity contribution in [3.63, 3.8) is 0 Å². The predicted octanol–water partition coefficient (Wildman–Crippen LogP) is 4.16. The van der Waals surface area contributed by atoms with E-state index in [1.54, 1.807) is 29.2 Å². The summed E-state index contributed by atoms with van der Waals surface area (Å²) in [7, 11) is 3.06. The van der Waals surface area contributed by atoms with Gasteiger partial charge in [-0.05, 0) is 63.1 Å². The summed E-state index contributed by atoms with van der Waals surface area (Å²) < 4.78 is 10.1. The molecule has 4 rings (SSSR count). The minimum absolute atomic E-state index is 0.0184. The van der Waals surface area contributed by atoms with Gasteiger partial charge in [-0.2, -0.15) is 0 Å². The molecule has 2 aromatic heterocycles. The Hall–Kier alpha value is -4.78. The van der Waals surface area contributed by atoms with E-state index in [-0.39, 0.29) is 18.5 Å². The first-order valence-electron chi connectivity index (χ1n) is 15.4. The maximum atomic E-state index is 12.4. The molecule has 1 aromatic carbocycles. The first-order chi connectivity index (χ1) is 22.0. The molecule has 0 aliphatic carbocycles. The normalized spacial score (nSPS) is 13.9. The van der Waals surface area contributed by atoms with E-state index in [9.17, 15) is 14.4 Å². The fourth-order valence-corrected chi connectivity index (χ4v) is 4.78. The number of nitrogens with zero attached hydrogens (tertiary/aromatic N) is 6. The first kappa shape index (κ1) is 34.1. The minimum Gasteiger partial charge on any atom is -0.468 e. The van der Waals surface area contributed by atoms with Crippen LogP contribution in [0.15, 0.2) is 54.9 Å². The molecule has 0 atom stereocenters. The highest BCUT2D eigenvalue weighted by molar-refractivity contribution is 5.82. The quantitative estimate of drug-likeness (QED) is 0.220. The number of methoxy groups -OCH3 is 1. The second-order valence-electron chi connectivity index (χ2n) is 12.1. The Balaban J connectivity index is 1.28. The number of hydrogen-bond acceptors (Lipinski definition) is 11. The molecule has 1 aliphatic rings. The second kappa shape index (κ2) is 16.0. The van der Waals surface area contributed by atoms with Crippen LogP contribution < -0.4 is 10.6 Å². The van der Waals surface area contributed by atoms with Gasteiger partial charge in [-0.1, -0.05) is 12.1 Å². The van der Waals surface area contributed by atoms with Crippen molar-refractivity contribution in [2.24, 2.45) is 0 Å². The minimum atomic E-state index is -0.516. The third kappa shape index (κ3) is 10.7. The third-order valence-corrected chi connectivity index (χ3v) is 7.21. The lowest BCUT2D eigenvalue weighted by Gasteiger charge is -2.24. The highest BCUT2D eigenvalue weighted by atomic mass is 16.6. The number of amides is 2. The Kier molecular flexibility index (Phi) is 11.8. The van der Waals surface area contributed by atoms with Crippen LogP contribution in [0.3, 0.4) is 0 Å². The van der Waals surface area contributed by atoms with Gasteiger partial charge in [0.1, 0.15) is 18.0 Å². The summed E-state index contributed by atoms with van der Waals surface area (Å²) in [5, 5.41) is 6.58. The van der Waals surface area contributed by atoms with Crippen molar-refractivity contribution in [2.75, 3.05) is 64.1 Å². The summed E-state index contributed by atoms with van der Waals surface area (Å²) in [6, 6.07) is 13.7. The molecule has 46 heavy (non-hydrogen) atoms. The lowest BCUT2D eigenvalue weighted by molar-refractivity contribution is -0.146. The van der Waals surface area contributed by atoms with Crippen LogP contribution >= 0.6 is 0 Å². The Labute approximate surface area is 270 Å². The highest BCUT2D eigenvalue weighted by Crippen LogP contribution is 2.21. The van der Waals surface area contributed by atoms with E-state index < -0.39 is 11.6 Å². The molecular weight excluding hydrogens is 588 g/mol. The average molecular weight is 633 g/mol. The summed E-state index contributed by atoms with van der Waals surface area (Å²) in [6.07, 6.45) is 4.24. The van der Waals surface area contributed by atoms with Crippen molar-refractivity contribution in [1.29, 1.82) is 0 Å². The monoisotopic (exact) mass is 632 g/mol. The zero-order valence-corrected chi connectivity index (χ0v) is 27.3. The summed E-state index contributed by atoms with van der Waals surface area (Å²) in [6.45, 7) is 9.19. The molecule has 1 fully saturated rings. The van der Waals surface area contributed by atoms with Gasteiger partial charge in [-0.15, -0.1) is 0 Å². The van der Waals surface area contributed by atoms with Crippen LogP contribution in [0.25, 0.3) is 11.3 Å². The molecule has 2 amide bonds. The van der Waals surface area contributed by atoms with Gasteiger partial charge in [-0.3, -0.25) is 14.5 Å². The van der Waals surface area contributed by atoms with Crippen LogP contribution in [0.4, 0.5) is 22.2 Å². The summed E-state index contributed by atoms with van der Waals surface area (Å²) >= 11 is 0. The van der Waals surface area contributed by atoms with Crippen molar-refractivity contribution in [2.45, 2.75) is 45.8 Å². The van der Waals surface area contributed by atoms with Crippen LogP contribution in [0.5, 0.6) is 0 Å². The summed E-state index contributed by atoms with van der Waals surface area (Å²) in [5.41, 5.74) is 3.00. The zero-order chi connectivity index (χ0) is 33.1. The van der Waals surface area contributed by atoms with Gasteiger partial charge in [0.05, 0.1) is 12.8 Å². The summed E-state index contributed by atoms with van der Waals surface area (Å²) in [4.78, 5) is 55.1. The second-order valence-corrected chi connectivity index (χ2v) is 12.1. The smallest absolute Gasteiger partial charge is 0.410 e. The summed E-state index contributed by atoms with van der Waals surface area (Å²) in [5.74, 6) is 0.745. The number of carbonyl (C=O) groups excluding carboxylic acids is 3. The lowest BCUT2D eigenvalue weighted by Crippen LogP contribution is -2.37. The number of hydrogen-bond donors (Lipinski definition) is 2. The Morgan fingerprint density at radius 1 is 1.07 bits per heavy atom. The molecule has 0 unspecified atom stereocenters. The zero-order valence-electron chi connectivity index (χ0n) is 27.3. The Morgan fingerprint density at radius 2 is 1.89 bits per heavy atom. The van der Waals surface area contributed by atoms with E-state index in [1.165, 1.54) is 7.11 Å². The molecule has 0 bridgehead atoms. The van der Waals surface area contributed by atoms with Gasteiger partial charge < -0.3 is 29.9 Å². The number of pyridine rings is 1. The molecule has 2 N–H and O–H groups in total. The van der Waals surface area contributed by atoms with Gasteiger partial charge in [0.25, 0.3) is 0 Å². The van der Waals surface area contributed by atoms with E-state index in [0.717, 1.165) is 34.7 Å². The maximum Gasteiger partial charge on any atom is 0.410 e. The number of rotatable bonds is 12. The molecular formula is C33H44N8O5. The number of esters is 1. The van der Waals surface area contributed by atoms with Crippen molar-refractivity contribution in [3.05, 3.63) is 60.4 Å². The molecule has 3 heterocycles. The van der Waals surface area contributed by atoms with E-state index in [4.69, 9.17) is 9.47 Å². The fraction of sp³-hybridized carbons (Fsp3) is 0.455. The van der Waals surface area contributed by atoms with Crippen molar-refractivity contribution in [1.82, 2.24) is 29.7 Å². The van der Waals surface area contributed by atoms with Gasteiger partial charge >= 0.3 is 12.1 Å². The molecule has 1 aliphatic heterocycles. The number of nitrogens with one attached hydrogen (secondary N) is 2. The molecule has 0 radical (unpaired) electrons. The Morgan fingerprint density at radius 3 is 2.63 bits per heavy atom. The van der Waals surface area contributed by atoms with Gasteiger partial charge in [0.15, 0.2) is 0 Å². The van der Waals surface area contributed by atoms with Crippen molar-refractivity contribution < 1.29 is 23.9 Å². The highest BCUT2D eigenvalue weighted by Gasteiger charge is 2.23.